The first-order valence-corrected chi connectivity index (χ1v) is 7.61. The van der Waals surface area contributed by atoms with E-state index in [1.165, 1.54) is 11.1 Å². The van der Waals surface area contributed by atoms with Gasteiger partial charge in [-0.25, -0.2) is 4.98 Å². The topological polar surface area (TPSA) is 80.0 Å². The van der Waals surface area contributed by atoms with Gasteiger partial charge in [0.2, 0.25) is 0 Å². The van der Waals surface area contributed by atoms with Crippen molar-refractivity contribution in [3.8, 4) is 0 Å². The molecule has 0 radical (unpaired) electrons. The first kappa shape index (κ1) is 15.7. The molecule has 6 nitrogen and oxygen atoms in total. The average Bonchev–Trinajstić information content (AvgIpc) is 2.99. The molecule has 0 spiro atoms. The highest BCUT2D eigenvalue weighted by atomic mass is 16.5. The molecule has 0 aliphatic carbocycles. The summed E-state index contributed by atoms with van der Waals surface area (Å²) < 4.78 is 4.91. The Hall–Kier alpha value is -3.15. The van der Waals surface area contributed by atoms with E-state index in [0.29, 0.717) is 23.8 Å². The van der Waals surface area contributed by atoms with E-state index in [2.05, 4.69) is 39.8 Å². The molecule has 2 heterocycles. The third-order valence-corrected chi connectivity index (χ3v) is 3.61. The molecular formula is C18H18N4O2. The molecule has 3 rings (SSSR count). The Bertz CT molecular complexity index is 840. The number of aromatic nitrogens is 2. The quantitative estimate of drug-likeness (QED) is 0.751. The zero-order valence-corrected chi connectivity index (χ0v) is 13.5. The molecule has 6 heteroatoms. The third-order valence-electron chi connectivity index (χ3n) is 3.61. The summed E-state index contributed by atoms with van der Waals surface area (Å²) in [6.07, 6.45) is 1.64. The van der Waals surface area contributed by atoms with Crippen LogP contribution in [-0.4, -0.2) is 16.0 Å². The van der Waals surface area contributed by atoms with Crippen LogP contribution in [0.3, 0.4) is 0 Å². The van der Waals surface area contributed by atoms with Crippen molar-refractivity contribution in [3.63, 3.8) is 0 Å². The molecule has 1 aromatic carbocycles. The largest absolute Gasteiger partial charge is 0.380 e. The van der Waals surface area contributed by atoms with Crippen LogP contribution in [0.4, 0.5) is 11.5 Å². The Morgan fingerprint density at radius 1 is 1.17 bits per heavy atom. The molecule has 1 amide bonds. The van der Waals surface area contributed by atoms with E-state index in [-0.39, 0.29) is 5.91 Å². The number of hydrogen-bond acceptors (Lipinski definition) is 5. The fraction of sp³-hybridized carbons (Fsp3) is 0.167. The minimum Gasteiger partial charge on any atom is -0.380 e. The fourth-order valence-corrected chi connectivity index (χ4v) is 2.24. The van der Waals surface area contributed by atoms with Crippen LogP contribution < -0.4 is 10.6 Å². The summed E-state index contributed by atoms with van der Waals surface area (Å²) in [5.74, 6) is 0.684. The van der Waals surface area contributed by atoms with E-state index >= 15 is 0 Å². The van der Waals surface area contributed by atoms with Gasteiger partial charge in [-0.1, -0.05) is 29.4 Å². The second kappa shape index (κ2) is 6.95. The molecule has 24 heavy (non-hydrogen) atoms. The first-order valence-electron chi connectivity index (χ1n) is 7.61. The zero-order valence-electron chi connectivity index (χ0n) is 13.5. The van der Waals surface area contributed by atoms with E-state index in [1.54, 1.807) is 25.3 Å². The van der Waals surface area contributed by atoms with E-state index in [0.717, 1.165) is 5.69 Å². The van der Waals surface area contributed by atoms with E-state index in [4.69, 9.17) is 4.52 Å². The highest BCUT2D eigenvalue weighted by Gasteiger charge is 2.10. The lowest BCUT2D eigenvalue weighted by molar-refractivity contribution is 0.102. The predicted molar refractivity (Wildman–Crippen MR) is 91.9 cm³/mol. The molecule has 0 bridgehead atoms. The summed E-state index contributed by atoms with van der Waals surface area (Å²) in [5.41, 5.74) is 3.63. The van der Waals surface area contributed by atoms with Crippen LogP contribution in [0.15, 0.2) is 53.2 Å². The van der Waals surface area contributed by atoms with Gasteiger partial charge in [-0.3, -0.25) is 4.79 Å². The van der Waals surface area contributed by atoms with Crippen LogP contribution in [0.2, 0.25) is 0 Å². The lowest BCUT2D eigenvalue weighted by atomic mass is 10.1. The van der Waals surface area contributed by atoms with Crippen molar-refractivity contribution in [2.45, 2.75) is 20.4 Å². The van der Waals surface area contributed by atoms with Gasteiger partial charge in [0, 0.05) is 12.6 Å². The number of hydrogen-bond donors (Lipinski definition) is 2. The molecule has 0 saturated carbocycles. The minimum atomic E-state index is -0.325. The second-order valence-corrected chi connectivity index (χ2v) is 5.49. The van der Waals surface area contributed by atoms with Crippen LogP contribution >= 0.6 is 0 Å². The molecule has 0 saturated heterocycles. The summed E-state index contributed by atoms with van der Waals surface area (Å²) in [7, 11) is 0. The Kier molecular flexibility index (Phi) is 4.56. The fourth-order valence-electron chi connectivity index (χ4n) is 2.24. The number of carbonyl (C=O) groups is 1. The lowest BCUT2D eigenvalue weighted by Crippen LogP contribution is -2.14. The zero-order chi connectivity index (χ0) is 16.9. The van der Waals surface area contributed by atoms with Gasteiger partial charge in [0.1, 0.15) is 11.5 Å². The number of rotatable bonds is 5. The van der Waals surface area contributed by atoms with Gasteiger partial charge in [-0.2, -0.15) is 0 Å². The third kappa shape index (κ3) is 3.78. The summed E-state index contributed by atoms with van der Waals surface area (Å²) in [6, 6.07) is 13.3. The highest BCUT2D eigenvalue weighted by molar-refractivity contribution is 6.02. The van der Waals surface area contributed by atoms with E-state index < -0.39 is 0 Å². The van der Waals surface area contributed by atoms with Gasteiger partial charge >= 0.3 is 0 Å². The van der Waals surface area contributed by atoms with Gasteiger partial charge in [0.15, 0.2) is 5.82 Å². The van der Waals surface area contributed by atoms with Crippen LogP contribution in [0, 0.1) is 13.8 Å². The number of benzene rings is 1. The molecule has 2 aromatic heterocycles. The molecule has 122 valence electrons. The van der Waals surface area contributed by atoms with Crippen molar-refractivity contribution in [2.24, 2.45) is 0 Å². The Morgan fingerprint density at radius 3 is 2.67 bits per heavy atom. The predicted octanol–water partition coefficient (Wildman–Crippen LogP) is 3.55. The molecular weight excluding hydrogens is 304 g/mol. The van der Waals surface area contributed by atoms with Gasteiger partial charge in [-0.15, -0.1) is 0 Å². The number of carbonyl (C=O) groups excluding carboxylic acids is 1. The number of nitrogens with one attached hydrogen (secondary N) is 2. The molecule has 0 aliphatic rings. The van der Waals surface area contributed by atoms with Crippen LogP contribution in [0.5, 0.6) is 0 Å². The van der Waals surface area contributed by atoms with Crippen molar-refractivity contribution in [2.75, 3.05) is 10.6 Å². The molecule has 3 aromatic rings. The van der Waals surface area contributed by atoms with Gasteiger partial charge in [-0.05, 0) is 37.1 Å². The highest BCUT2D eigenvalue weighted by Crippen LogP contribution is 2.13. The maximum absolute atomic E-state index is 12.1. The van der Waals surface area contributed by atoms with E-state index in [1.807, 2.05) is 18.2 Å². The lowest BCUT2D eigenvalue weighted by Gasteiger charge is -2.09. The first-order chi connectivity index (χ1) is 11.6. The number of nitrogens with zero attached hydrogens (tertiary/aromatic N) is 2. The van der Waals surface area contributed by atoms with Crippen molar-refractivity contribution in [1.82, 2.24) is 10.1 Å². The second-order valence-electron chi connectivity index (χ2n) is 5.49. The van der Waals surface area contributed by atoms with Gasteiger partial charge in [0.05, 0.1) is 11.9 Å². The molecule has 0 aliphatic heterocycles. The van der Waals surface area contributed by atoms with Gasteiger partial charge in [0.25, 0.3) is 5.91 Å². The summed E-state index contributed by atoms with van der Waals surface area (Å²) >= 11 is 0. The average molecular weight is 322 g/mol. The van der Waals surface area contributed by atoms with Crippen molar-refractivity contribution < 1.29 is 9.32 Å². The minimum absolute atomic E-state index is 0.317. The number of amides is 1. The molecule has 0 atom stereocenters. The SMILES string of the molecule is Cc1cc(NC(=O)c2ccc(NCc3ccccc3C)cn2)no1. The summed E-state index contributed by atoms with van der Waals surface area (Å²) in [6.45, 7) is 4.54. The maximum atomic E-state index is 12.1. The number of aryl methyl sites for hydroxylation is 2. The normalized spacial score (nSPS) is 10.4. The van der Waals surface area contributed by atoms with E-state index in [9.17, 15) is 4.79 Å². The van der Waals surface area contributed by atoms with Crippen LogP contribution in [0.1, 0.15) is 27.4 Å². The smallest absolute Gasteiger partial charge is 0.275 e. The number of pyridine rings is 1. The molecule has 0 fully saturated rings. The number of anilines is 2. The monoisotopic (exact) mass is 322 g/mol. The van der Waals surface area contributed by atoms with Crippen LogP contribution in [-0.2, 0) is 6.54 Å². The molecule has 2 N–H and O–H groups in total. The maximum Gasteiger partial charge on any atom is 0.275 e. The summed E-state index contributed by atoms with van der Waals surface area (Å²) in [5, 5.41) is 9.66. The standard InChI is InChI=1S/C18H18N4O2/c1-12-5-3-4-6-14(12)10-19-15-7-8-16(20-11-15)18(23)21-17-9-13(2)24-22-17/h3-9,11,19H,10H2,1-2H3,(H,21,22,23). The Morgan fingerprint density at radius 2 is 2.00 bits per heavy atom. The Labute approximate surface area is 139 Å². The Balaban J connectivity index is 1.60. The van der Waals surface area contributed by atoms with Crippen LogP contribution in [0.25, 0.3) is 0 Å². The van der Waals surface area contributed by atoms with Crippen molar-refractivity contribution in [3.05, 3.63) is 71.2 Å². The van der Waals surface area contributed by atoms with Gasteiger partial charge < -0.3 is 15.2 Å². The summed E-state index contributed by atoms with van der Waals surface area (Å²) in [4.78, 5) is 16.3. The van der Waals surface area contributed by atoms with Crippen molar-refractivity contribution >= 4 is 17.4 Å². The molecule has 0 unspecified atom stereocenters. The van der Waals surface area contributed by atoms with Crippen molar-refractivity contribution in [1.29, 1.82) is 0 Å².